The molecule has 1 aliphatic rings. The summed E-state index contributed by atoms with van der Waals surface area (Å²) in [6.45, 7) is 3.75. The van der Waals surface area contributed by atoms with Crippen molar-refractivity contribution in [1.82, 2.24) is 4.72 Å². The van der Waals surface area contributed by atoms with E-state index in [1.807, 2.05) is 13.8 Å². The summed E-state index contributed by atoms with van der Waals surface area (Å²) < 4.78 is 24.5. The molecule has 1 fully saturated rings. The molecule has 0 heterocycles. The SMILES string of the molecule is CC(C)(NS(N)(=O)=O)C1CCC(N)CC1. The van der Waals surface area contributed by atoms with Crippen molar-refractivity contribution in [2.75, 3.05) is 0 Å². The van der Waals surface area contributed by atoms with Gasteiger partial charge in [-0.2, -0.15) is 13.1 Å². The summed E-state index contributed by atoms with van der Waals surface area (Å²) in [4.78, 5) is 0. The molecule has 0 unspecified atom stereocenters. The Balaban J connectivity index is 2.61. The molecule has 0 aliphatic heterocycles. The number of rotatable bonds is 3. The Hall–Kier alpha value is -0.170. The van der Waals surface area contributed by atoms with E-state index in [1.54, 1.807) is 0 Å². The van der Waals surface area contributed by atoms with Crippen LogP contribution in [-0.4, -0.2) is 20.0 Å². The van der Waals surface area contributed by atoms with Crippen LogP contribution in [0.3, 0.4) is 0 Å². The van der Waals surface area contributed by atoms with Crippen LogP contribution in [0.25, 0.3) is 0 Å². The van der Waals surface area contributed by atoms with Gasteiger partial charge in [-0.3, -0.25) is 0 Å². The molecule has 0 spiro atoms. The Morgan fingerprint density at radius 3 is 2.07 bits per heavy atom. The molecule has 1 rings (SSSR count). The third kappa shape index (κ3) is 4.06. The van der Waals surface area contributed by atoms with E-state index in [-0.39, 0.29) is 6.04 Å². The van der Waals surface area contributed by atoms with Crippen molar-refractivity contribution in [1.29, 1.82) is 0 Å². The number of nitrogens with one attached hydrogen (secondary N) is 1. The minimum absolute atomic E-state index is 0.270. The van der Waals surface area contributed by atoms with Gasteiger partial charge in [-0.15, -0.1) is 0 Å². The lowest BCUT2D eigenvalue weighted by Gasteiger charge is -2.38. The zero-order valence-electron chi connectivity index (χ0n) is 9.36. The number of hydrogen-bond acceptors (Lipinski definition) is 3. The molecule has 1 saturated carbocycles. The standard InChI is InChI=1S/C9H21N3O2S/c1-9(2,12-15(11,13)14)7-3-5-8(10)6-4-7/h7-8,12H,3-6,10H2,1-2H3,(H2,11,13,14). The average Bonchev–Trinajstić information content (AvgIpc) is 2.00. The van der Waals surface area contributed by atoms with Crippen molar-refractivity contribution < 1.29 is 8.42 Å². The van der Waals surface area contributed by atoms with E-state index < -0.39 is 15.7 Å². The molecule has 0 radical (unpaired) electrons. The van der Waals surface area contributed by atoms with E-state index in [2.05, 4.69) is 4.72 Å². The van der Waals surface area contributed by atoms with Crippen LogP contribution >= 0.6 is 0 Å². The summed E-state index contributed by atoms with van der Waals surface area (Å²) in [5, 5.41) is 4.99. The van der Waals surface area contributed by atoms with E-state index in [9.17, 15) is 8.42 Å². The van der Waals surface area contributed by atoms with E-state index in [1.165, 1.54) is 0 Å². The molecular weight excluding hydrogens is 214 g/mol. The Morgan fingerprint density at radius 2 is 1.67 bits per heavy atom. The third-order valence-corrected chi connectivity index (χ3v) is 4.01. The minimum Gasteiger partial charge on any atom is -0.328 e. The molecule has 0 amide bonds. The van der Waals surface area contributed by atoms with Crippen LogP contribution in [0.2, 0.25) is 0 Å². The largest absolute Gasteiger partial charge is 0.328 e. The molecule has 0 bridgehead atoms. The van der Waals surface area contributed by atoms with Crippen molar-refractivity contribution >= 4 is 10.2 Å². The fourth-order valence-corrected chi connectivity index (χ4v) is 3.19. The van der Waals surface area contributed by atoms with Crippen molar-refractivity contribution in [2.24, 2.45) is 16.8 Å². The average molecular weight is 235 g/mol. The highest BCUT2D eigenvalue weighted by Crippen LogP contribution is 2.32. The maximum Gasteiger partial charge on any atom is 0.274 e. The summed E-state index contributed by atoms with van der Waals surface area (Å²) in [6, 6.07) is 0.270. The number of hydrogen-bond donors (Lipinski definition) is 3. The molecule has 5 nitrogen and oxygen atoms in total. The zero-order chi connectivity index (χ0) is 11.7. The maximum atomic E-state index is 11.0. The second-order valence-corrected chi connectivity index (χ2v) is 6.27. The van der Waals surface area contributed by atoms with Gasteiger partial charge in [-0.1, -0.05) is 0 Å². The first-order valence-electron chi connectivity index (χ1n) is 5.28. The van der Waals surface area contributed by atoms with Gasteiger partial charge in [-0.05, 0) is 45.4 Å². The van der Waals surface area contributed by atoms with Crippen molar-refractivity contribution in [2.45, 2.75) is 51.1 Å². The Morgan fingerprint density at radius 1 is 1.20 bits per heavy atom. The Labute approximate surface area is 91.8 Å². The first kappa shape index (κ1) is 12.9. The highest BCUT2D eigenvalue weighted by atomic mass is 32.2. The van der Waals surface area contributed by atoms with Crippen molar-refractivity contribution in [3.63, 3.8) is 0 Å². The van der Waals surface area contributed by atoms with Gasteiger partial charge in [0.15, 0.2) is 0 Å². The zero-order valence-corrected chi connectivity index (χ0v) is 10.2. The van der Waals surface area contributed by atoms with Gasteiger partial charge in [0.1, 0.15) is 0 Å². The smallest absolute Gasteiger partial charge is 0.274 e. The fourth-order valence-electron chi connectivity index (χ4n) is 2.29. The lowest BCUT2D eigenvalue weighted by Crippen LogP contribution is -2.52. The van der Waals surface area contributed by atoms with Crippen LogP contribution < -0.4 is 15.6 Å². The van der Waals surface area contributed by atoms with Gasteiger partial charge in [-0.25, -0.2) is 5.14 Å². The summed E-state index contributed by atoms with van der Waals surface area (Å²) in [5.41, 5.74) is 5.33. The first-order valence-corrected chi connectivity index (χ1v) is 6.82. The maximum absolute atomic E-state index is 11.0. The molecule has 0 atom stereocenters. The van der Waals surface area contributed by atoms with Crippen molar-refractivity contribution in [3.05, 3.63) is 0 Å². The predicted molar refractivity (Wildman–Crippen MR) is 60.3 cm³/mol. The Bertz CT molecular complexity index is 305. The normalized spacial score (nSPS) is 29.1. The van der Waals surface area contributed by atoms with Gasteiger partial charge in [0.05, 0.1) is 0 Å². The van der Waals surface area contributed by atoms with Crippen LogP contribution in [0.4, 0.5) is 0 Å². The van der Waals surface area contributed by atoms with E-state index in [0.717, 1.165) is 25.7 Å². The number of nitrogens with two attached hydrogens (primary N) is 2. The highest BCUT2D eigenvalue weighted by molar-refractivity contribution is 7.87. The molecule has 90 valence electrons. The monoisotopic (exact) mass is 235 g/mol. The van der Waals surface area contributed by atoms with Gasteiger partial charge < -0.3 is 5.73 Å². The molecule has 1 aliphatic carbocycles. The molecule has 15 heavy (non-hydrogen) atoms. The Kier molecular flexibility index (Phi) is 3.76. The molecule has 0 aromatic carbocycles. The van der Waals surface area contributed by atoms with Crippen molar-refractivity contribution in [3.8, 4) is 0 Å². The van der Waals surface area contributed by atoms with Crippen LogP contribution in [0.1, 0.15) is 39.5 Å². The molecular formula is C9H21N3O2S. The van der Waals surface area contributed by atoms with E-state index >= 15 is 0 Å². The first-order chi connectivity index (χ1) is 6.71. The third-order valence-electron chi connectivity index (χ3n) is 3.20. The fraction of sp³-hybridized carbons (Fsp3) is 1.00. The summed E-state index contributed by atoms with van der Waals surface area (Å²) in [7, 11) is -3.63. The molecule has 0 saturated heterocycles. The van der Waals surface area contributed by atoms with Gasteiger partial charge in [0.25, 0.3) is 10.2 Å². The van der Waals surface area contributed by atoms with Crippen LogP contribution in [0.5, 0.6) is 0 Å². The quantitative estimate of drug-likeness (QED) is 0.646. The molecule has 6 heteroatoms. The topological polar surface area (TPSA) is 98.2 Å². The lowest BCUT2D eigenvalue weighted by molar-refractivity contribution is 0.209. The van der Waals surface area contributed by atoms with Crippen LogP contribution in [-0.2, 0) is 10.2 Å². The summed E-state index contributed by atoms with van der Waals surface area (Å²) >= 11 is 0. The molecule has 5 N–H and O–H groups in total. The summed E-state index contributed by atoms with van der Waals surface area (Å²) in [5.74, 6) is 0.315. The predicted octanol–water partition coefficient (Wildman–Crippen LogP) is 0.0756. The van der Waals surface area contributed by atoms with Gasteiger partial charge >= 0.3 is 0 Å². The second kappa shape index (κ2) is 4.37. The van der Waals surface area contributed by atoms with Crippen LogP contribution in [0, 0.1) is 5.92 Å². The van der Waals surface area contributed by atoms with Crippen LogP contribution in [0.15, 0.2) is 0 Å². The molecule has 0 aromatic heterocycles. The second-order valence-electron chi connectivity index (χ2n) is 4.98. The van der Waals surface area contributed by atoms with Gasteiger partial charge in [0, 0.05) is 11.6 Å². The summed E-state index contributed by atoms with van der Waals surface area (Å²) in [6.07, 6.45) is 3.83. The van der Waals surface area contributed by atoms with E-state index in [0.29, 0.717) is 5.92 Å². The lowest BCUT2D eigenvalue weighted by atomic mass is 9.76. The highest BCUT2D eigenvalue weighted by Gasteiger charge is 2.34. The van der Waals surface area contributed by atoms with E-state index in [4.69, 9.17) is 10.9 Å². The molecule has 0 aromatic rings. The van der Waals surface area contributed by atoms with Gasteiger partial charge in [0.2, 0.25) is 0 Å². The minimum atomic E-state index is -3.63.